The standard InChI is InChI=1S/C9H11N5O3/c1-4(15)5(9(16)17)14-8-6-7(11-2-10-6)12-3-13-8/h2-5,15H,1H3,(H,16,17)(H2,10,11,12,13,14)/t4-,5-/m1/s1. The van der Waals surface area contributed by atoms with Crippen LogP contribution in [-0.4, -0.2) is 48.3 Å². The zero-order valence-corrected chi connectivity index (χ0v) is 8.95. The molecule has 2 aromatic heterocycles. The molecule has 0 fully saturated rings. The van der Waals surface area contributed by atoms with Crippen molar-refractivity contribution in [3.63, 3.8) is 0 Å². The van der Waals surface area contributed by atoms with E-state index in [2.05, 4.69) is 25.3 Å². The van der Waals surface area contributed by atoms with Gasteiger partial charge in [0, 0.05) is 0 Å². The second kappa shape index (κ2) is 4.34. The molecule has 0 unspecified atom stereocenters. The summed E-state index contributed by atoms with van der Waals surface area (Å²) in [6.07, 6.45) is 1.65. The number of aromatic amines is 1. The van der Waals surface area contributed by atoms with Crippen molar-refractivity contribution in [1.82, 2.24) is 19.9 Å². The van der Waals surface area contributed by atoms with Crippen molar-refractivity contribution in [3.05, 3.63) is 12.7 Å². The van der Waals surface area contributed by atoms with Crippen LogP contribution >= 0.6 is 0 Å². The summed E-state index contributed by atoms with van der Waals surface area (Å²) in [7, 11) is 0. The van der Waals surface area contributed by atoms with E-state index in [0.717, 1.165) is 0 Å². The molecule has 2 atom stereocenters. The Bertz CT molecular complexity index is 538. The van der Waals surface area contributed by atoms with Crippen molar-refractivity contribution in [2.24, 2.45) is 0 Å². The molecule has 0 bridgehead atoms. The molecule has 2 aromatic rings. The first-order chi connectivity index (χ1) is 8.09. The summed E-state index contributed by atoms with van der Waals surface area (Å²) in [6, 6.07) is -1.14. The number of rotatable bonds is 4. The average molecular weight is 237 g/mol. The molecule has 0 aliphatic heterocycles. The second-order valence-corrected chi connectivity index (χ2v) is 3.52. The van der Waals surface area contributed by atoms with Gasteiger partial charge in [-0.05, 0) is 6.92 Å². The molecule has 0 amide bonds. The van der Waals surface area contributed by atoms with Crippen LogP contribution in [0.25, 0.3) is 11.2 Å². The first kappa shape index (κ1) is 11.3. The maximum Gasteiger partial charge on any atom is 0.328 e. The lowest BCUT2D eigenvalue weighted by atomic mass is 10.2. The van der Waals surface area contributed by atoms with Crippen LogP contribution in [0.15, 0.2) is 12.7 Å². The Morgan fingerprint density at radius 2 is 2.24 bits per heavy atom. The highest BCUT2D eigenvalue weighted by Crippen LogP contribution is 2.16. The highest BCUT2D eigenvalue weighted by molar-refractivity contribution is 5.85. The molecule has 0 radical (unpaired) electrons. The Morgan fingerprint density at radius 3 is 2.88 bits per heavy atom. The molecule has 8 nitrogen and oxygen atoms in total. The van der Waals surface area contributed by atoms with Gasteiger partial charge in [0.15, 0.2) is 17.5 Å². The zero-order chi connectivity index (χ0) is 12.4. The Hall–Kier alpha value is -2.22. The number of H-pyrrole nitrogens is 1. The van der Waals surface area contributed by atoms with Gasteiger partial charge in [0.1, 0.15) is 11.8 Å². The number of aromatic nitrogens is 4. The number of fused-ring (bicyclic) bond motifs is 1. The van der Waals surface area contributed by atoms with Crippen molar-refractivity contribution >= 4 is 23.0 Å². The number of nitrogens with zero attached hydrogens (tertiary/aromatic N) is 3. The quantitative estimate of drug-likeness (QED) is 0.570. The SMILES string of the molecule is C[C@@H](O)[C@@H](Nc1ncnc2nc[nH]c12)C(=O)O. The van der Waals surface area contributed by atoms with E-state index in [1.54, 1.807) is 0 Å². The van der Waals surface area contributed by atoms with Crippen LogP contribution in [0.2, 0.25) is 0 Å². The van der Waals surface area contributed by atoms with Crippen LogP contribution in [0.5, 0.6) is 0 Å². The summed E-state index contributed by atoms with van der Waals surface area (Å²) in [5.41, 5.74) is 0.927. The van der Waals surface area contributed by atoms with E-state index in [-0.39, 0.29) is 0 Å². The molecule has 4 N–H and O–H groups in total. The normalized spacial score (nSPS) is 14.5. The van der Waals surface area contributed by atoms with Gasteiger partial charge < -0.3 is 20.5 Å². The molecule has 17 heavy (non-hydrogen) atoms. The summed E-state index contributed by atoms with van der Waals surface area (Å²) in [6.45, 7) is 1.39. The number of carboxylic acid groups (broad SMARTS) is 1. The number of aliphatic hydroxyl groups is 1. The monoisotopic (exact) mass is 237 g/mol. The lowest BCUT2D eigenvalue weighted by molar-refractivity contribution is -0.140. The van der Waals surface area contributed by atoms with Gasteiger partial charge in [-0.1, -0.05) is 0 Å². The third-order valence-electron chi connectivity index (χ3n) is 2.26. The molecular formula is C9H11N5O3. The largest absolute Gasteiger partial charge is 0.480 e. The van der Waals surface area contributed by atoms with E-state index < -0.39 is 18.1 Å². The number of carboxylic acids is 1. The van der Waals surface area contributed by atoms with Crippen LogP contribution in [0, 0.1) is 0 Å². The third-order valence-corrected chi connectivity index (χ3v) is 2.26. The summed E-state index contributed by atoms with van der Waals surface area (Å²) in [4.78, 5) is 25.5. The highest BCUT2D eigenvalue weighted by Gasteiger charge is 2.24. The third kappa shape index (κ3) is 2.16. The number of aliphatic carboxylic acids is 1. The maximum atomic E-state index is 10.9. The number of aliphatic hydroxyl groups excluding tert-OH is 1. The highest BCUT2D eigenvalue weighted by atomic mass is 16.4. The summed E-state index contributed by atoms with van der Waals surface area (Å²) in [5.74, 6) is -0.868. The lowest BCUT2D eigenvalue weighted by Gasteiger charge is -2.17. The minimum Gasteiger partial charge on any atom is -0.480 e. The molecule has 0 saturated heterocycles. The number of anilines is 1. The van der Waals surface area contributed by atoms with E-state index >= 15 is 0 Å². The molecule has 2 rings (SSSR count). The Kier molecular flexibility index (Phi) is 2.88. The first-order valence-corrected chi connectivity index (χ1v) is 4.91. The van der Waals surface area contributed by atoms with Gasteiger partial charge in [-0.3, -0.25) is 0 Å². The molecular weight excluding hydrogens is 226 g/mol. The zero-order valence-electron chi connectivity index (χ0n) is 8.95. The summed E-state index contributed by atoms with van der Waals surface area (Å²) in [5, 5.41) is 20.9. The van der Waals surface area contributed by atoms with Gasteiger partial charge in [-0.2, -0.15) is 0 Å². The minimum atomic E-state index is -1.16. The molecule has 8 heteroatoms. The van der Waals surface area contributed by atoms with E-state index in [9.17, 15) is 9.90 Å². The smallest absolute Gasteiger partial charge is 0.328 e. The molecule has 0 aliphatic carbocycles. The summed E-state index contributed by atoms with van der Waals surface area (Å²) < 4.78 is 0. The molecule has 0 saturated carbocycles. The second-order valence-electron chi connectivity index (χ2n) is 3.52. The van der Waals surface area contributed by atoms with Crippen molar-refractivity contribution in [1.29, 1.82) is 0 Å². The molecule has 0 spiro atoms. The van der Waals surface area contributed by atoms with Crippen LogP contribution in [0.1, 0.15) is 6.92 Å². The lowest BCUT2D eigenvalue weighted by Crippen LogP contribution is -2.39. The van der Waals surface area contributed by atoms with Crippen molar-refractivity contribution in [2.45, 2.75) is 19.1 Å². The van der Waals surface area contributed by atoms with Crippen molar-refractivity contribution in [2.75, 3.05) is 5.32 Å². The Labute approximate surface area is 95.7 Å². The first-order valence-electron chi connectivity index (χ1n) is 4.91. The van der Waals surface area contributed by atoms with Crippen LogP contribution < -0.4 is 5.32 Å². The maximum absolute atomic E-state index is 10.9. The average Bonchev–Trinajstić information content (AvgIpc) is 2.73. The number of imidazole rings is 1. The van der Waals surface area contributed by atoms with Gasteiger partial charge in [0.25, 0.3) is 0 Å². The molecule has 2 heterocycles. The van der Waals surface area contributed by atoms with E-state index in [0.29, 0.717) is 17.0 Å². The topological polar surface area (TPSA) is 124 Å². The fraction of sp³-hybridized carbons (Fsp3) is 0.333. The van der Waals surface area contributed by atoms with Gasteiger partial charge in [0.05, 0.1) is 12.4 Å². The Morgan fingerprint density at radius 1 is 1.47 bits per heavy atom. The van der Waals surface area contributed by atoms with E-state index in [4.69, 9.17) is 5.11 Å². The van der Waals surface area contributed by atoms with E-state index in [1.165, 1.54) is 19.6 Å². The van der Waals surface area contributed by atoms with Crippen LogP contribution in [0.3, 0.4) is 0 Å². The van der Waals surface area contributed by atoms with Gasteiger partial charge in [-0.15, -0.1) is 0 Å². The van der Waals surface area contributed by atoms with Crippen molar-refractivity contribution < 1.29 is 15.0 Å². The number of hydrogen-bond donors (Lipinski definition) is 4. The summed E-state index contributed by atoms with van der Waals surface area (Å²) >= 11 is 0. The minimum absolute atomic E-state index is 0.292. The predicted molar refractivity (Wildman–Crippen MR) is 58.4 cm³/mol. The molecule has 0 aliphatic rings. The van der Waals surface area contributed by atoms with E-state index in [1.807, 2.05) is 0 Å². The van der Waals surface area contributed by atoms with Gasteiger partial charge in [-0.25, -0.2) is 19.7 Å². The van der Waals surface area contributed by atoms with Crippen LogP contribution in [-0.2, 0) is 4.79 Å². The number of carbonyl (C=O) groups is 1. The van der Waals surface area contributed by atoms with Gasteiger partial charge in [0.2, 0.25) is 0 Å². The predicted octanol–water partition coefficient (Wildman–Crippen LogP) is -0.401. The van der Waals surface area contributed by atoms with Crippen LogP contribution in [0.4, 0.5) is 5.82 Å². The fourth-order valence-electron chi connectivity index (χ4n) is 1.41. The van der Waals surface area contributed by atoms with Crippen molar-refractivity contribution in [3.8, 4) is 0 Å². The fourth-order valence-corrected chi connectivity index (χ4v) is 1.41. The van der Waals surface area contributed by atoms with Gasteiger partial charge >= 0.3 is 5.97 Å². The number of nitrogens with one attached hydrogen (secondary N) is 2. The number of hydrogen-bond acceptors (Lipinski definition) is 6. The molecule has 0 aromatic carbocycles. The molecule has 90 valence electrons. The Balaban J connectivity index is 2.34.